The first kappa shape index (κ1) is 11.9. The largest absolute Gasteiger partial charge is 0.327 e. The molecule has 2 N–H and O–H groups in total. The third kappa shape index (κ3) is 2.23. The lowest BCUT2D eigenvalue weighted by Gasteiger charge is -2.15. The van der Waals surface area contributed by atoms with Crippen LogP contribution in [0.5, 0.6) is 0 Å². The van der Waals surface area contributed by atoms with Crippen molar-refractivity contribution < 1.29 is 4.39 Å². The molecule has 0 bridgehead atoms. The zero-order chi connectivity index (χ0) is 11.9. The summed E-state index contributed by atoms with van der Waals surface area (Å²) in [4.78, 5) is 0. The number of benzene rings is 1. The minimum absolute atomic E-state index is 0.00407. The molecular weight excluding hydrogens is 225 g/mol. The zero-order valence-electron chi connectivity index (χ0n) is 9.63. The standard InChI is InChI=1S/C13H17ClFN/c1-13(2)7-9(13)12(16)6-8-10(14)4-3-5-11(8)15/h3-5,9,12H,6-7,16H2,1-2H3. The van der Waals surface area contributed by atoms with E-state index in [1.54, 1.807) is 12.1 Å². The van der Waals surface area contributed by atoms with Gasteiger partial charge in [0.25, 0.3) is 0 Å². The Labute approximate surface area is 101 Å². The number of halogens is 2. The van der Waals surface area contributed by atoms with Gasteiger partial charge in [-0.1, -0.05) is 31.5 Å². The first-order valence-electron chi connectivity index (χ1n) is 5.60. The average Bonchev–Trinajstić information content (AvgIpc) is 2.82. The van der Waals surface area contributed by atoms with Crippen molar-refractivity contribution in [1.82, 2.24) is 0 Å². The number of hydrogen-bond donors (Lipinski definition) is 1. The number of rotatable bonds is 3. The number of hydrogen-bond acceptors (Lipinski definition) is 1. The molecule has 16 heavy (non-hydrogen) atoms. The van der Waals surface area contributed by atoms with Gasteiger partial charge in [0.15, 0.2) is 0 Å². The van der Waals surface area contributed by atoms with Crippen LogP contribution >= 0.6 is 11.6 Å². The Kier molecular flexibility index (Phi) is 2.97. The summed E-state index contributed by atoms with van der Waals surface area (Å²) in [5, 5.41) is 0.480. The highest BCUT2D eigenvalue weighted by Crippen LogP contribution is 2.53. The lowest BCUT2D eigenvalue weighted by atomic mass is 9.98. The summed E-state index contributed by atoms with van der Waals surface area (Å²) in [5.74, 6) is 0.240. The molecule has 0 aliphatic heterocycles. The molecule has 88 valence electrons. The third-order valence-electron chi connectivity index (χ3n) is 3.61. The molecule has 2 unspecified atom stereocenters. The quantitative estimate of drug-likeness (QED) is 0.863. The Balaban J connectivity index is 2.10. The van der Waals surface area contributed by atoms with E-state index in [2.05, 4.69) is 13.8 Å². The van der Waals surface area contributed by atoms with Crippen LogP contribution < -0.4 is 5.73 Å². The van der Waals surface area contributed by atoms with E-state index >= 15 is 0 Å². The Bertz CT molecular complexity index is 383. The molecule has 1 aliphatic rings. The first-order chi connectivity index (χ1) is 7.42. The van der Waals surface area contributed by atoms with Crippen molar-refractivity contribution in [3.8, 4) is 0 Å². The average molecular weight is 242 g/mol. The second kappa shape index (κ2) is 4.01. The van der Waals surface area contributed by atoms with E-state index in [1.165, 1.54) is 6.07 Å². The molecule has 1 nitrogen and oxygen atoms in total. The molecule has 0 saturated heterocycles. The molecule has 3 heteroatoms. The van der Waals surface area contributed by atoms with Crippen LogP contribution in [0.15, 0.2) is 18.2 Å². The highest BCUT2D eigenvalue weighted by molar-refractivity contribution is 6.31. The molecule has 1 saturated carbocycles. The molecule has 2 atom stereocenters. The van der Waals surface area contributed by atoms with Crippen molar-refractivity contribution in [2.45, 2.75) is 32.7 Å². The van der Waals surface area contributed by atoms with Crippen LogP contribution in [0.4, 0.5) is 4.39 Å². The van der Waals surface area contributed by atoms with Gasteiger partial charge in [0.05, 0.1) is 0 Å². The second-order valence-electron chi connectivity index (χ2n) is 5.37. The Hall–Kier alpha value is -0.600. The van der Waals surface area contributed by atoms with E-state index in [4.69, 9.17) is 17.3 Å². The fraction of sp³-hybridized carbons (Fsp3) is 0.538. The van der Waals surface area contributed by atoms with Gasteiger partial charge in [-0.2, -0.15) is 0 Å². The molecule has 0 heterocycles. The summed E-state index contributed by atoms with van der Waals surface area (Å²) in [5.41, 5.74) is 6.97. The molecular formula is C13H17ClFN. The summed E-state index contributed by atoms with van der Waals surface area (Å²) in [6.07, 6.45) is 1.65. The molecule has 0 radical (unpaired) electrons. The van der Waals surface area contributed by atoms with Crippen LogP contribution in [0.25, 0.3) is 0 Å². The summed E-state index contributed by atoms with van der Waals surface area (Å²) in [6, 6.07) is 4.77. The molecule has 2 rings (SSSR count). The third-order valence-corrected chi connectivity index (χ3v) is 3.96. The maximum Gasteiger partial charge on any atom is 0.127 e. The monoisotopic (exact) mass is 241 g/mol. The summed E-state index contributed by atoms with van der Waals surface area (Å²) in [7, 11) is 0. The maximum atomic E-state index is 13.5. The van der Waals surface area contributed by atoms with Gasteiger partial charge in [0, 0.05) is 16.6 Å². The first-order valence-corrected chi connectivity index (χ1v) is 5.98. The lowest BCUT2D eigenvalue weighted by Crippen LogP contribution is -2.28. The van der Waals surface area contributed by atoms with Crippen LogP contribution in [-0.4, -0.2) is 6.04 Å². The van der Waals surface area contributed by atoms with Crippen molar-refractivity contribution in [1.29, 1.82) is 0 Å². The predicted molar refractivity (Wildman–Crippen MR) is 65.0 cm³/mol. The number of nitrogens with two attached hydrogens (primary N) is 1. The summed E-state index contributed by atoms with van der Waals surface area (Å²) in [6.45, 7) is 4.39. The molecule has 0 aromatic heterocycles. The van der Waals surface area contributed by atoms with E-state index in [0.717, 1.165) is 6.42 Å². The molecule has 0 spiro atoms. The van der Waals surface area contributed by atoms with Gasteiger partial charge >= 0.3 is 0 Å². The van der Waals surface area contributed by atoms with Crippen molar-refractivity contribution in [3.63, 3.8) is 0 Å². The van der Waals surface area contributed by atoms with Gasteiger partial charge in [-0.3, -0.25) is 0 Å². The molecule has 1 aromatic rings. The molecule has 1 aromatic carbocycles. The van der Waals surface area contributed by atoms with Crippen molar-refractivity contribution in [3.05, 3.63) is 34.6 Å². The molecule has 1 fully saturated rings. The fourth-order valence-electron chi connectivity index (χ4n) is 2.34. The SMILES string of the molecule is CC1(C)CC1C(N)Cc1c(F)cccc1Cl. The van der Waals surface area contributed by atoms with E-state index in [9.17, 15) is 4.39 Å². The fourth-order valence-corrected chi connectivity index (χ4v) is 2.58. The van der Waals surface area contributed by atoms with E-state index < -0.39 is 0 Å². The highest BCUT2D eigenvalue weighted by atomic mass is 35.5. The van der Waals surface area contributed by atoms with Gasteiger partial charge in [-0.25, -0.2) is 4.39 Å². The van der Waals surface area contributed by atoms with Crippen LogP contribution in [0.2, 0.25) is 5.02 Å². The highest BCUT2D eigenvalue weighted by Gasteiger charge is 2.48. The predicted octanol–water partition coefficient (Wildman–Crippen LogP) is 3.40. The van der Waals surface area contributed by atoms with Crippen molar-refractivity contribution in [2.75, 3.05) is 0 Å². The van der Waals surface area contributed by atoms with Crippen molar-refractivity contribution in [2.24, 2.45) is 17.1 Å². The minimum atomic E-state index is -0.249. The molecule has 1 aliphatic carbocycles. The maximum absolute atomic E-state index is 13.5. The van der Waals surface area contributed by atoms with Crippen LogP contribution in [0, 0.1) is 17.2 Å². The van der Waals surface area contributed by atoms with Gasteiger partial charge in [0.2, 0.25) is 0 Å². The Morgan fingerprint density at radius 2 is 2.19 bits per heavy atom. The van der Waals surface area contributed by atoms with E-state index in [-0.39, 0.29) is 11.9 Å². The van der Waals surface area contributed by atoms with Gasteiger partial charge in [-0.15, -0.1) is 0 Å². The second-order valence-corrected chi connectivity index (χ2v) is 5.77. The Morgan fingerprint density at radius 3 is 2.69 bits per heavy atom. The van der Waals surface area contributed by atoms with Crippen LogP contribution in [-0.2, 0) is 6.42 Å². The van der Waals surface area contributed by atoms with Crippen molar-refractivity contribution >= 4 is 11.6 Å². The Morgan fingerprint density at radius 1 is 1.56 bits per heavy atom. The minimum Gasteiger partial charge on any atom is -0.327 e. The molecule has 0 amide bonds. The van der Waals surface area contributed by atoms with Gasteiger partial charge in [0.1, 0.15) is 5.82 Å². The lowest BCUT2D eigenvalue weighted by molar-refractivity contribution is 0.469. The van der Waals surface area contributed by atoms with Crippen LogP contribution in [0.1, 0.15) is 25.8 Å². The summed E-state index contributed by atoms with van der Waals surface area (Å²) >= 11 is 5.97. The van der Waals surface area contributed by atoms with Crippen LogP contribution in [0.3, 0.4) is 0 Å². The van der Waals surface area contributed by atoms with E-state index in [0.29, 0.717) is 28.3 Å². The zero-order valence-corrected chi connectivity index (χ0v) is 10.4. The topological polar surface area (TPSA) is 26.0 Å². The smallest absolute Gasteiger partial charge is 0.127 e. The van der Waals surface area contributed by atoms with Gasteiger partial charge in [-0.05, 0) is 36.3 Å². The summed E-state index contributed by atoms with van der Waals surface area (Å²) < 4.78 is 13.5. The van der Waals surface area contributed by atoms with E-state index in [1.807, 2.05) is 0 Å². The normalized spacial score (nSPS) is 24.2. The van der Waals surface area contributed by atoms with Gasteiger partial charge < -0.3 is 5.73 Å².